The van der Waals surface area contributed by atoms with E-state index in [4.69, 9.17) is 9.73 Å². The largest absolute Gasteiger partial charge is 0.378 e. The maximum Gasteiger partial charge on any atom is 0.191 e. The first kappa shape index (κ1) is 25.0. The van der Waals surface area contributed by atoms with Crippen molar-refractivity contribution >= 4 is 29.9 Å². The first-order valence-electron chi connectivity index (χ1n) is 11.1. The zero-order chi connectivity index (χ0) is 18.6. The Kier molecular flexibility index (Phi) is 13.7. The minimum atomic E-state index is 0. The number of hydrogen-bond donors (Lipinski definition) is 2. The van der Waals surface area contributed by atoms with E-state index < -0.39 is 0 Å². The molecule has 0 spiro atoms. The van der Waals surface area contributed by atoms with Crippen molar-refractivity contribution in [2.24, 2.45) is 10.9 Å². The summed E-state index contributed by atoms with van der Waals surface area (Å²) in [6, 6.07) is 0.650. The Morgan fingerprint density at radius 1 is 1.11 bits per heavy atom. The van der Waals surface area contributed by atoms with E-state index >= 15 is 0 Å². The predicted octanol–water partition coefficient (Wildman–Crippen LogP) is 4.02. The van der Waals surface area contributed by atoms with E-state index in [2.05, 4.69) is 36.3 Å². The molecule has 1 atom stereocenters. The van der Waals surface area contributed by atoms with Crippen LogP contribution in [0.25, 0.3) is 0 Å². The van der Waals surface area contributed by atoms with Gasteiger partial charge in [-0.2, -0.15) is 0 Å². The number of rotatable bonds is 9. The number of hydrogen-bond acceptors (Lipinski definition) is 3. The summed E-state index contributed by atoms with van der Waals surface area (Å²) in [5.41, 5.74) is 0. The lowest BCUT2D eigenvalue weighted by Crippen LogP contribution is -2.42. The van der Waals surface area contributed by atoms with Gasteiger partial charge < -0.3 is 20.3 Å². The van der Waals surface area contributed by atoms with Crippen LogP contribution in [-0.2, 0) is 4.74 Å². The van der Waals surface area contributed by atoms with Gasteiger partial charge in [0.15, 0.2) is 5.96 Å². The zero-order valence-electron chi connectivity index (χ0n) is 17.8. The van der Waals surface area contributed by atoms with Crippen LogP contribution in [0.3, 0.4) is 0 Å². The summed E-state index contributed by atoms with van der Waals surface area (Å²) < 4.78 is 6.01. The lowest BCUT2D eigenvalue weighted by molar-refractivity contribution is 0.0277. The average Bonchev–Trinajstić information content (AvgIpc) is 2.66. The van der Waals surface area contributed by atoms with E-state index in [-0.39, 0.29) is 24.0 Å². The summed E-state index contributed by atoms with van der Waals surface area (Å²) >= 11 is 0. The van der Waals surface area contributed by atoms with Crippen molar-refractivity contribution < 1.29 is 4.74 Å². The van der Waals surface area contributed by atoms with Gasteiger partial charge in [-0.1, -0.05) is 19.3 Å². The Morgan fingerprint density at radius 3 is 2.59 bits per heavy atom. The van der Waals surface area contributed by atoms with Crippen LogP contribution in [0.2, 0.25) is 0 Å². The molecule has 1 unspecified atom stereocenters. The first-order chi connectivity index (χ1) is 12.7. The van der Waals surface area contributed by atoms with Gasteiger partial charge in [-0.3, -0.25) is 4.99 Å². The average molecular weight is 495 g/mol. The SMILES string of the molecule is CCNC(=NCC1CCCN(C(C)C)C1)NCCCOC1CCCCC1.I. The van der Waals surface area contributed by atoms with Crippen LogP contribution in [0, 0.1) is 5.92 Å². The lowest BCUT2D eigenvalue weighted by Gasteiger charge is -2.34. The minimum Gasteiger partial charge on any atom is -0.378 e. The molecule has 1 aliphatic carbocycles. The Morgan fingerprint density at radius 2 is 1.89 bits per heavy atom. The van der Waals surface area contributed by atoms with Gasteiger partial charge in [-0.05, 0) is 65.3 Å². The van der Waals surface area contributed by atoms with Crippen LogP contribution < -0.4 is 10.6 Å². The fraction of sp³-hybridized carbons (Fsp3) is 0.952. The van der Waals surface area contributed by atoms with Crippen LogP contribution in [-0.4, -0.2) is 62.3 Å². The van der Waals surface area contributed by atoms with E-state index in [1.807, 2.05) is 0 Å². The van der Waals surface area contributed by atoms with Crippen molar-refractivity contribution in [3.05, 3.63) is 0 Å². The van der Waals surface area contributed by atoms with E-state index in [1.165, 1.54) is 58.0 Å². The molecule has 1 saturated heterocycles. The molecule has 160 valence electrons. The standard InChI is InChI=1S/C21H42N4O.HI/c1-4-22-21(23-13-9-15-26-20-11-6-5-7-12-20)24-16-19-10-8-14-25(17-19)18(2)3;/h18-20H,4-17H2,1-3H3,(H2,22,23,24);1H. The van der Waals surface area contributed by atoms with Crippen LogP contribution in [0.1, 0.15) is 72.1 Å². The molecule has 0 aromatic carbocycles. The van der Waals surface area contributed by atoms with Crippen molar-refractivity contribution in [1.82, 2.24) is 15.5 Å². The van der Waals surface area contributed by atoms with Crippen LogP contribution in [0.4, 0.5) is 0 Å². The van der Waals surface area contributed by atoms with Gasteiger partial charge in [-0.25, -0.2) is 0 Å². The number of ether oxygens (including phenoxy) is 1. The van der Waals surface area contributed by atoms with Gasteiger partial charge in [-0.15, -0.1) is 24.0 Å². The second-order valence-corrected chi connectivity index (χ2v) is 8.23. The molecule has 2 N–H and O–H groups in total. The fourth-order valence-electron chi connectivity index (χ4n) is 4.04. The molecule has 0 bridgehead atoms. The minimum absolute atomic E-state index is 0. The van der Waals surface area contributed by atoms with Crippen molar-refractivity contribution in [3.63, 3.8) is 0 Å². The summed E-state index contributed by atoms with van der Waals surface area (Å²) in [5.74, 6) is 1.66. The normalized spacial score (nSPS) is 22.5. The maximum atomic E-state index is 6.01. The lowest BCUT2D eigenvalue weighted by atomic mass is 9.97. The third kappa shape index (κ3) is 10.3. The zero-order valence-corrected chi connectivity index (χ0v) is 20.2. The molecule has 2 aliphatic rings. The van der Waals surface area contributed by atoms with Crippen molar-refractivity contribution in [1.29, 1.82) is 0 Å². The fourth-order valence-corrected chi connectivity index (χ4v) is 4.04. The summed E-state index contributed by atoms with van der Waals surface area (Å²) in [4.78, 5) is 7.44. The Balaban J connectivity index is 0.00000364. The van der Waals surface area contributed by atoms with Gasteiger partial charge in [0.1, 0.15) is 0 Å². The van der Waals surface area contributed by atoms with E-state index in [1.54, 1.807) is 0 Å². The monoisotopic (exact) mass is 494 g/mol. The Labute approximate surface area is 184 Å². The maximum absolute atomic E-state index is 6.01. The number of guanidine groups is 1. The molecule has 1 aliphatic heterocycles. The summed E-state index contributed by atoms with van der Waals surface area (Å²) in [6.07, 6.45) is 10.8. The number of nitrogens with one attached hydrogen (secondary N) is 2. The molecule has 1 heterocycles. The molecule has 2 fully saturated rings. The topological polar surface area (TPSA) is 48.9 Å². The van der Waals surface area contributed by atoms with Gasteiger partial charge in [0.05, 0.1) is 6.10 Å². The van der Waals surface area contributed by atoms with Crippen molar-refractivity contribution in [2.45, 2.75) is 84.3 Å². The van der Waals surface area contributed by atoms with Gasteiger partial charge in [0.2, 0.25) is 0 Å². The molecule has 0 radical (unpaired) electrons. The third-order valence-corrected chi connectivity index (χ3v) is 5.65. The molecule has 27 heavy (non-hydrogen) atoms. The molecule has 0 aromatic rings. The second-order valence-electron chi connectivity index (χ2n) is 8.23. The molecule has 0 amide bonds. The highest BCUT2D eigenvalue weighted by Gasteiger charge is 2.21. The second kappa shape index (κ2) is 14.9. The van der Waals surface area contributed by atoms with Gasteiger partial charge >= 0.3 is 0 Å². The van der Waals surface area contributed by atoms with Gasteiger partial charge in [0, 0.05) is 38.8 Å². The molecule has 1 saturated carbocycles. The first-order valence-corrected chi connectivity index (χ1v) is 11.1. The summed E-state index contributed by atoms with van der Waals surface area (Å²) in [5, 5.41) is 6.86. The molecule has 5 nitrogen and oxygen atoms in total. The molecule has 2 rings (SSSR count). The Bertz CT molecular complexity index is 400. The third-order valence-electron chi connectivity index (χ3n) is 5.65. The highest BCUT2D eigenvalue weighted by molar-refractivity contribution is 14.0. The van der Waals surface area contributed by atoms with Crippen molar-refractivity contribution in [3.8, 4) is 0 Å². The van der Waals surface area contributed by atoms with Gasteiger partial charge in [0.25, 0.3) is 0 Å². The van der Waals surface area contributed by atoms with E-state index in [9.17, 15) is 0 Å². The van der Waals surface area contributed by atoms with E-state index in [0.717, 1.165) is 38.6 Å². The number of likely N-dealkylation sites (tertiary alicyclic amines) is 1. The van der Waals surface area contributed by atoms with Crippen LogP contribution in [0.15, 0.2) is 4.99 Å². The number of halogens is 1. The molecular weight excluding hydrogens is 451 g/mol. The molecule has 0 aromatic heterocycles. The summed E-state index contributed by atoms with van der Waals surface area (Å²) in [6.45, 7) is 12.8. The number of piperidine rings is 1. The van der Waals surface area contributed by atoms with E-state index in [0.29, 0.717) is 18.1 Å². The molecule has 6 heteroatoms. The summed E-state index contributed by atoms with van der Waals surface area (Å²) in [7, 11) is 0. The van der Waals surface area contributed by atoms with Crippen LogP contribution in [0.5, 0.6) is 0 Å². The van der Waals surface area contributed by atoms with Crippen molar-refractivity contribution in [2.75, 3.05) is 39.3 Å². The predicted molar refractivity (Wildman–Crippen MR) is 126 cm³/mol. The molecular formula is C21H43IN4O. The smallest absolute Gasteiger partial charge is 0.191 e. The number of nitrogens with zero attached hydrogens (tertiary/aromatic N) is 2. The Hall–Kier alpha value is -0.0800. The number of aliphatic imine (C=N–C) groups is 1. The highest BCUT2D eigenvalue weighted by atomic mass is 127. The highest BCUT2D eigenvalue weighted by Crippen LogP contribution is 2.20. The quantitative estimate of drug-likeness (QED) is 0.220. The van der Waals surface area contributed by atoms with Crippen LogP contribution >= 0.6 is 24.0 Å².